The quantitative estimate of drug-likeness (QED) is 0.0214. The molecule has 0 aromatic rings. The molecule has 282 valence electrons. The predicted octanol–water partition coefficient (Wildman–Crippen LogP) is 10.0. The first-order chi connectivity index (χ1) is 23.1. The van der Waals surface area contributed by atoms with E-state index in [1.165, 1.54) is 57.8 Å². The minimum Gasteiger partial charge on any atom is -0.756 e. The van der Waals surface area contributed by atoms with Gasteiger partial charge in [-0.2, -0.15) is 0 Å². The van der Waals surface area contributed by atoms with Gasteiger partial charge in [-0.05, 0) is 44.9 Å². The molecule has 0 aliphatic heterocycles. The number of quaternary nitrogens is 1. The number of carbonyl (C=O) groups excluding carboxylic acids is 1. The number of esters is 1. The first-order valence-corrected chi connectivity index (χ1v) is 20.7. The monoisotopic (exact) mass is 700 g/mol. The van der Waals surface area contributed by atoms with Gasteiger partial charge in [0.1, 0.15) is 19.3 Å². The van der Waals surface area contributed by atoms with Crippen LogP contribution in [-0.2, 0) is 27.9 Å². The summed E-state index contributed by atoms with van der Waals surface area (Å²) in [6, 6.07) is 0. The highest BCUT2D eigenvalue weighted by Crippen LogP contribution is 2.38. The second kappa shape index (κ2) is 32.9. The summed E-state index contributed by atoms with van der Waals surface area (Å²) in [6.07, 6.45) is 35.8. The SMILES string of the molecule is CC/C=C\C/C=C\C/C=C\CCCCCCOCC(COP(=O)([O-])OCC[N+](C)(C)C)OC(=O)CCCCCCCCCCCCCC. The molecule has 0 radical (unpaired) electrons. The zero-order valence-electron chi connectivity index (χ0n) is 31.7. The van der Waals surface area contributed by atoms with Crippen molar-refractivity contribution < 1.29 is 37.3 Å². The van der Waals surface area contributed by atoms with Crippen molar-refractivity contribution >= 4 is 13.8 Å². The van der Waals surface area contributed by atoms with E-state index >= 15 is 0 Å². The Kier molecular flexibility index (Phi) is 32.0. The fourth-order valence-electron chi connectivity index (χ4n) is 4.97. The lowest BCUT2D eigenvalue weighted by Crippen LogP contribution is -2.37. The number of hydrogen-bond donors (Lipinski definition) is 0. The third kappa shape index (κ3) is 36.0. The fraction of sp³-hybridized carbons (Fsp3) is 0.821. The van der Waals surface area contributed by atoms with Crippen molar-refractivity contribution in [1.82, 2.24) is 0 Å². The van der Waals surface area contributed by atoms with Crippen LogP contribution in [0.15, 0.2) is 36.5 Å². The molecule has 0 N–H and O–H groups in total. The lowest BCUT2D eigenvalue weighted by atomic mass is 10.0. The van der Waals surface area contributed by atoms with Crippen LogP contribution in [0, 0.1) is 0 Å². The van der Waals surface area contributed by atoms with Crippen LogP contribution in [0.3, 0.4) is 0 Å². The van der Waals surface area contributed by atoms with Crippen LogP contribution in [0.5, 0.6) is 0 Å². The molecule has 48 heavy (non-hydrogen) atoms. The Morgan fingerprint density at radius 3 is 1.81 bits per heavy atom. The number of likely N-dealkylation sites (N-methyl/N-ethyl adjacent to an activating group) is 1. The summed E-state index contributed by atoms with van der Waals surface area (Å²) in [7, 11) is 1.34. The van der Waals surface area contributed by atoms with Gasteiger partial charge in [0.05, 0.1) is 34.4 Å². The van der Waals surface area contributed by atoms with Gasteiger partial charge < -0.3 is 27.9 Å². The number of ether oxygens (including phenoxy) is 2. The largest absolute Gasteiger partial charge is 0.756 e. The zero-order valence-corrected chi connectivity index (χ0v) is 32.6. The highest BCUT2D eigenvalue weighted by Gasteiger charge is 2.20. The summed E-state index contributed by atoms with van der Waals surface area (Å²) in [5, 5.41) is 0. The van der Waals surface area contributed by atoms with E-state index < -0.39 is 13.9 Å². The molecule has 9 heteroatoms. The summed E-state index contributed by atoms with van der Waals surface area (Å²) in [5.41, 5.74) is 0. The average molecular weight is 700 g/mol. The molecule has 0 bridgehead atoms. The molecule has 0 aromatic heterocycles. The van der Waals surface area contributed by atoms with Crippen LogP contribution < -0.4 is 4.89 Å². The lowest BCUT2D eigenvalue weighted by Gasteiger charge is -2.28. The van der Waals surface area contributed by atoms with Crippen molar-refractivity contribution in [2.45, 2.75) is 155 Å². The van der Waals surface area contributed by atoms with E-state index in [1.54, 1.807) is 0 Å². The van der Waals surface area contributed by atoms with Crippen molar-refractivity contribution in [3.8, 4) is 0 Å². The van der Waals surface area contributed by atoms with Crippen molar-refractivity contribution in [3.63, 3.8) is 0 Å². The summed E-state index contributed by atoms with van der Waals surface area (Å²) < 4.78 is 34.4. The van der Waals surface area contributed by atoms with Crippen LogP contribution >= 0.6 is 7.82 Å². The van der Waals surface area contributed by atoms with Crippen LogP contribution in [0.4, 0.5) is 0 Å². The topological polar surface area (TPSA) is 94.1 Å². The number of carbonyl (C=O) groups is 1. The van der Waals surface area contributed by atoms with Gasteiger partial charge in [0.2, 0.25) is 0 Å². The molecule has 0 fully saturated rings. The molecule has 0 rings (SSSR count). The van der Waals surface area contributed by atoms with E-state index in [0.717, 1.165) is 70.6 Å². The molecule has 0 saturated carbocycles. The van der Waals surface area contributed by atoms with Crippen LogP contribution in [0.2, 0.25) is 0 Å². The smallest absolute Gasteiger partial charge is 0.306 e. The molecule has 0 amide bonds. The Bertz CT molecular complexity index is 869. The third-order valence-electron chi connectivity index (χ3n) is 7.96. The van der Waals surface area contributed by atoms with E-state index in [-0.39, 0.29) is 25.8 Å². The maximum absolute atomic E-state index is 12.6. The van der Waals surface area contributed by atoms with Gasteiger partial charge >= 0.3 is 5.97 Å². The van der Waals surface area contributed by atoms with E-state index in [9.17, 15) is 14.3 Å². The van der Waals surface area contributed by atoms with Gasteiger partial charge in [-0.1, -0.05) is 134 Å². The first kappa shape index (κ1) is 46.7. The first-order valence-electron chi connectivity index (χ1n) is 19.2. The maximum atomic E-state index is 12.6. The summed E-state index contributed by atoms with van der Waals surface area (Å²) >= 11 is 0. The standard InChI is InChI=1S/C39H74NO7P/c1-6-8-10-12-14-16-18-20-21-23-25-27-29-31-34-44-36-38(37-46-48(42,43)45-35-33-40(3,4)5)47-39(41)32-30-28-26-24-22-19-17-15-13-11-9-7-2/h8,10,14,16,20-21,38H,6-7,9,11-13,15,17-19,22-37H2,1-5H3/b10-8-,16-14-,21-20-. The molecular weight excluding hydrogens is 625 g/mol. The van der Waals surface area contributed by atoms with Gasteiger partial charge in [-0.25, -0.2) is 0 Å². The van der Waals surface area contributed by atoms with Crippen LogP contribution in [0.1, 0.15) is 149 Å². The van der Waals surface area contributed by atoms with Gasteiger partial charge in [0.15, 0.2) is 0 Å². The second-order valence-corrected chi connectivity index (χ2v) is 15.3. The molecule has 0 heterocycles. The number of rotatable bonds is 35. The Morgan fingerprint density at radius 1 is 0.667 bits per heavy atom. The number of nitrogens with zero attached hydrogens (tertiary/aromatic N) is 1. The lowest BCUT2D eigenvalue weighted by molar-refractivity contribution is -0.870. The summed E-state index contributed by atoms with van der Waals surface area (Å²) in [5.74, 6) is -0.345. The zero-order chi connectivity index (χ0) is 35.6. The summed E-state index contributed by atoms with van der Waals surface area (Å²) in [4.78, 5) is 24.9. The number of phosphoric ester groups is 1. The molecule has 0 aliphatic carbocycles. The number of allylic oxidation sites excluding steroid dienone is 6. The molecule has 0 spiro atoms. The normalized spacial score (nSPS) is 14.4. The van der Waals surface area contributed by atoms with Crippen molar-refractivity contribution in [3.05, 3.63) is 36.5 Å². The van der Waals surface area contributed by atoms with E-state index in [0.29, 0.717) is 24.1 Å². The van der Waals surface area contributed by atoms with Crippen LogP contribution in [0.25, 0.3) is 0 Å². The Hall–Kier alpha value is -1.28. The van der Waals surface area contributed by atoms with E-state index in [4.69, 9.17) is 18.5 Å². The van der Waals surface area contributed by atoms with Gasteiger partial charge in [-0.15, -0.1) is 0 Å². The van der Waals surface area contributed by atoms with Crippen molar-refractivity contribution in [1.29, 1.82) is 0 Å². The molecule has 2 atom stereocenters. The van der Waals surface area contributed by atoms with Crippen molar-refractivity contribution in [2.24, 2.45) is 0 Å². The Labute approximate surface area is 295 Å². The van der Waals surface area contributed by atoms with Gasteiger partial charge in [0.25, 0.3) is 7.82 Å². The molecule has 0 saturated heterocycles. The fourth-order valence-corrected chi connectivity index (χ4v) is 5.70. The predicted molar refractivity (Wildman–Crippen MR) is 199 cm³/mol. The average Bonchev–Trinajstić information content (AvgIpc) is 3.03. The van der Waals surface area contributed by atoms with Crippen LogP contribution in [-0.4, -0.2) is 70.7 Å². The Morgan fingerprint density at radius 2 is 1.21 bits per heavy atom. The Balaban J connectivity index is 4.34. The minimum atomic E-state index is -4.52. The molecule has 2 unspecified atom stereocenters. The van der Waals surface area contributed by atoms with Gasteiger partial charge in [-0.3, -0.25) is 9.36 Å². The summed E-state index contributed by atoms with van der Waals surface area (Å²) in [6.45, 7) is 5.23. The number of hydrogen-bond acceptors (Lipinski definition) is 7. The second-order valence-electron chi connectivity index (χ2n) is 13.9. The number of phosphoric acid groups is 1. The van der Waals surface area contributed by atoms with Crippen molar-refractivity contribution in [2.75, 3.05) is 54.1 Å². The van der Waals surface area contributed by atoms with E-state index in [1.807, 2.05) is 21.1 Å². The molecule has 0 aliphatic rings. The van der Waals surface area contributed by atoms with E-state index in [2.05, 4.69) is 50.3 Å². The number of unbranched alkanes of at least 4 members (excludes halogenated alkanes) is 15. The molecular formula is C39H74NO7P. The molecule has 8 nitrogen and oxygen atoms in total. The highest BCUT2D eigenvalue weighted by atomic mass is 31.2. The minimum absolute atomic E-state index is 0.0218. The maximum Gasteiger partial charge on any atom is 0.306 e. The van der Waals surface area contributed by atoms with Gasteiger partial charge in [0, 0.05) is 13.0 Å². The highest BCUT2D eigenvalue weighted by molar-refractivity contribution is 7.45. The third-order valence-corrected chi connectivity index (χ3v) is 8.92. The molecule has 0 aromatic carbocycles.